The van der Waals surface area contributed by atoms with E-state index >= 15 is 0 Å². The smallest absolute Gasteiger partial charge is 0.252 e. The van der Waals surface area contributed by atoms with Gasteiger partial charge in [-0.05, 0) is 19.4 Å². The summed E-state index contributed by atoms with van der Waals surface area (Å²) in [6.45, 7) is 10.1. The summed E-state index contributed by atoms with van der Waals surface area (Å²) in [6.07, 6.45) is 0. The first-order valence-electron chi connectivity index (χ1n) is 6.81. The predicted molar refractivity (Wildman–Crippen MR) is 87.9 cm³/mol. The molecule has 3 nitrogen and oxygen atoms in total. The number of hydrazone groups is 1. The Kier molecular flexibility index (Phi) is 6.27. The molecule has 0 bridgehead atoms. The van der Waals surface area contributed by atoms with Crippen molar-refractivity contribution in [2.75, 3.05) is 0 Å². The third kappa shape index (κ3) is 5.78. The molecule has 0 fully saturated rings. The van der Waals surface area contributed by atoms with E-state index in [0.717, 1.165) is 11.5 Å². The summed E-state index contributed by atoms with van der Waals surface area (Å²) in [5.41, 5.74) is 4.78. The van der Waals surface area contributed by atoms with Crippen LogP contribution < -0.4 is 5.43 Å². The van der Waals surface area contributed by atoms with Gasteiger partial charge in [-0.15, -0.1) is 11.8 Å². The van der Waals surface area contributed by atoms with Gasteiger partial charge in [-0.1, -0.05) is 51.1 Å². The van der Waals surface area contributed by atoms with Gasteiger partial charge in [0.05, 0.1) is 5.25 Å². The zero-order valence-corrected chi connectivity index (χ0v) is 13.8. The van der Waals surface area contributed by atoms with Gasteiger partial charge in [0, 0.05) is 16.9 Å². The van der Waals surface area contributed by atoms with Crippen LogP contribution in [0.4, 0.5) is 0 Å². The summed E-state index contributed by atoms with van der Waals surface area (Å²) < 4.78 is 0. The lowest BCUT2D eigenvalue weighted by Gasteiger charge is -2.18. The minimum absolute atomic E-state index is 0.0201. The van der Waals surface area contributed by atoms with Crippen molar-refractivity contribution in [3.05, 3.63) is 35.9 Å². The van der Waals surface area contributed by atoms with Crippen LogP contribution in [0.15, 0.2) is 35.4 Å². The monoisotopic (exact) mass is 292 g/mol. The molecule has 1 amide bonds. The Bertz CT molecular complexity index is 463. The average Bonchev–Trinajstić information content (AvgIpc) is 2.41. The Morgan fingerprint density at radius 2 is 1.90 bits per heavy atom. The molecule has 0 saturated heterocycles. The van der Waals surface area contributed by atoms with Crippen LogP contribution in [0.3, 0.4) is 0 Å². The Labute approximate surface area is 126 Å². The molecular weight excluding hydrogens is 268 g/mol. The SMILES string of the molecule is C/C(=N/NC(=O)[C@H](C)SCc1ccccc1)C(C)(C)C. The molecule has 1 aromatic rings. The lowest BCUT2D eigenvalue weighted by Crippen LogP contribution is -2.30. The van der Waals surface area contributed by atoms with E-state index in [1.54, 1.807) is 11.8 Å². The number of thioether (sulfide) groups is 1. The fourth-order valence-corrected chi connectivity index (χ4v) is 2.11. The number of amides is 1. The number of carbonyl (C=O) groups excluding carboxylic acids is 1. The second-order valence-electron chi connectivity index (χ2n) is 5.86. The maximum Gasteiger partial charge on any atom is 0.252 e. The second-order valence-corrected chi connectivity index (χ2v) is 7.19. The molecule has 0 spiro atoms. The fourth-order valence-electron chi connectivity index (χ4n) is 1.27. The number of hydrogen-bond acceptors (Lipinski definition) is 3. The van der Waals surface area contributed by atoms with Crippen molar-refractivity contribution in [1.29, 1.82) is 0 Å². The maximum absolute atomic E-state index is 12.0. The van der Waals surface area contributed by atoms with Crippen LogP contribution in [0.25, 0.3) is 0 Å². The molecule has 0 aromatic heterocycles. The number of carbonyl (C=O) groups is 1. The molecule has 0 radical (unpaired) electrons. The lowest BCUT2D eigenvalue weighted by atomic mass is 9.91. The van der Waals surface area contributed by atoms with Crippen LogP contribution in [0.1, 0.15) is 40.2 Å². The average molecular weight is 292 g/mol. The highest BCUT2D eigenvalue weighted by Gasteiger charge is 2.16. The topological polar surface area (TPSA) is 41.5 Å². The molecule has 20 heavy (non-hydrogen) atoms. The van der Waals surface area contributed by atoms with Crippen LogP contribution in [0.5, 0.6) is 0 Å². The molecule has 1 rings (SSSR count). The van der Waals surface area contributed by atoms with Crippen molar-refractivity contribution in [1.82, 2.24) is 5.43 Å². The molecule has 1 atom stereocenters. The lowest BCUT2D eigenvalue weighted by molar-refractivity contribution is -0.120. The zero-order chi connectivity index (χ0) is 15.2. The quantitative estimate of drug-likeness (QED) is 0.661. The van der Waals surface area contributed by atoms with Crippen molar-refractivity contribution < 1.29 is 4.79 Å². The van der Waals surface area contributed by atoms with E-state index in [0.29, 0.717) is 0 Å². The van der Waals surface area contributed by atoms with Crippen LogP contribution >= 0.6 is 11.8 Å². The third-order valence-corrected chi connectivity index (χ3v) is 4.35. The summed E-state index contributed by atoms with van der Waals surface area (Å²) in [6, 6.07) is 10.2. The molecule has 0 aliphatic rings. The number of nitrogens with zero attached hydrogens (tertiary/aromatic N) is 1. The highest BCUT2D eigenvalue weighted by atomic mass is 32.2. The number of benzene rings is 1. The molecule has 0 aliphatic heterocycles. The Hall–Kier alpha value is -1.29. The van der Waals surface area contributed by atoms with E-state index in [4.69, 9.17) is 0 Å². The molecule has 4 heteroatoms. The standard InChI is InChI=1S/C16H24N2OS/c1-12(20-11-14-9-7-6-8-10-14)15(19)18-17-13(2)16(3,4)5/h6-10,12H,11H2,1-5H3,(H,18,19)/b17-13-/t12-/m0/s1. The van der Waals surface area contributed by atoms with E-state index < -0.39 is 0 Å². The molecule has 110 valence electrons. The van der Waals surface area contributed by atoms with Gasteiger partial charge < -0.3 is 0 Å². The summed E-state index contributed by atoms with van der Waals surface area (Å²) >= 11 is 1.62. The van der Waals surface area contributed by atoms with Gasteiger partial charge >= 0.3 is 0 Å². The van der Waals surface area contributed by atoms with Crippen molar-refractivity contribution in [2.24, 2.45) is 10.5 Å². The minimum Gasteiger partial charge on any atom is -0.272 e. The van der Waals surface area contributed by atoms with Gasteiger partial charge in [-0.3, -0.25) is 4.79 Å². The molecular formula is C16H24N2OS. The van der Waals surface area contributed by atoms with E-state index in [1.807, 2.05) is 32.0 Å². The summed E-state index contributed by atoms with van der Waals surface area (Å²) in [7, 11) is 0. The molecule has 1 aromatic carbocycles. The van der Waals surface area contributed by atoms with E-state index in [1.165, 1.54) is 5.56 Å². The largest absolute Gasteiger partial charge is 0.272 e. The minimum atomic E-state index is -0.119. The van der Waals surface area contributed by atoms with Gasteiger partial charge in [0.1, 0.15) is 0 Å². The zero-order valence-electron chi connectivity index (χ0n) is 12.9. The first kappa shape index (κ1) is 16.8. The van der Waals surface area contributed by atoms with E-state index in [2.05, 4.69) is 43.4 Å². The first-order chi connectivity index (χ1) is 9.30. The third-order valence-electron chi connectivity index (χ3n) is 3.13. The molecule has 0 aliphatic carbocycles. The van der Waals surface area contributed by atoms with Gasteiger partial charge in [0.25, 0.3) is 5.91 Å². The Morgan fingerprint density at radius 3 is 2.45 bits per heavy atom. The van der Waals surface area contributed by atoms with Crippen molar-refractivity contribution in [3.8, 4) is 0 Å². The normalized spacial score (nSPS) is 13.9. The summed E-state index contributed by atoms with van der Waals surface area (Å²) in [5.74, 6) is 0.784. The highest BCUT2D eigenvalue weighted by Crippen LogP contribution is 2.18. The molecule has 1 N–H and O–H groups in total. The number of rotatable bonds is 5. The van der Waals surface area contributed by atoms with Gasteiger partial charge in [0.15, 0.2) is 0 Å². The van der Waals surface area contributed by atoms with Gasteiger partial charge in [-0.2, -0.15) is 5.10 Å². The van der Waals surface area contributed by atoms with Crippen molar-refractivity contribution in [3.63, 3.8) is 0 Å². The van der Waals surface area contributed by atoms with Crippen molar-refractivity contribution in [2.45, 2.75) is 45.6 Å². The van der Waals surface area contributed by atoms with E-state index in [9.17, 15) is 4.79 Å². The summed E-state index contributed by atoms with van der Waals surface area (Å²) in [5, 5.41) is 4.06. The molecule has 0 heterocycles. The second kappa shape index (κ2) is 7.48. The van der Waals surface area contributed by atoms with E-state index in [-0.39, 0.29) is 16.6 Å². The number of hydrogen-bond donors (Lipinski definition) is 1. The van der Waals surface area contributed by atoms with Crippen LogP contribution in [-0.2, 0) is 10.5 Å². The number of nitrogens with one attached hydrogen (secondary N) is 1. The van der Waals surface area contributed by atoms with Crippen LogP contribution in [0, 0.1) is 5.41 Å². The van der Waals surface area contributed by atoms with Gasteiger partial charge in [-0.25, -0.2) is 5.43 Å². The maximum atomic E-state index is 12.0. The predicted octanol–water partition coefficient (Wildman–Crippen LogP) is 3.85. The first-order valence-corrected chi connectivity index (χ1v) is 7.85. The summed E-state index contributed by atoms with van der Waals surface area (Å²) in [4.78, 5) is 12.0. The highest BCUT2D eigenvalue weighted by molar-refractivity contribution is 7.99. The van der Waals surface area contributed by atoms with Crippen molar-refractivity contribution >= 4 is 23.4 Å². The molecule has 0 saturated carbocycles. The fraction of sp³-hybridized carbons (Fsp3) is 0.500. The van der Waals surface area contributed by atoms with Crippen LogP contribution in [0.2, 0.25) is 0 Å². The van der Waals surface area contributed by atoms with Crippen LogP contribution in [-0.4, -0.2) is 16.9 Å². The Balaban J connectivity index is 2.44. The van der Waals surface area contributed by atoms with Gasteiger partial charge in [0.2, 0.25) is 0 Å². The molecule has 0 unspecified atom stereocenters. The Morgan fingerprint density at radius 1 is 1.30 bits per heavy atom.